The van der Waals surface area contributed by atoms with Crippen LogP contribution in [0.4, 0.5) is 11.4 Å². The lowest BCUT2D eigenvalue weighted by Crippen LogP contribution is -2.25. The molecule has 2 N–H and O–H groups in total. The summed E-state index contributed by atoms with van der Waals surface area (Å²) in [6.45, 7) is 1.94. The number of para-hydroxylation sites is 2. The zero-order valence-corrected chi connectivity index (χ0v) is 34.7. The highest BCUT2D eigenvalue weighted by Gasteiger charge is 2.21. The van der Waals surface area contributed by atoms with Crippen LogP contribution in [0.25, 0.3) is 33.1 Å². The van der Waals surface area contributed by atoms with Crippen molar-refractivity contribution in [2.45, 2.75) is 19.5 Å². The third-order valence-corrected chi connectivity index (χ3v) is 11.1. The molecule has 0 saturated carbocycles. The van der Waals surface area contributed by atoms with E-state index in [1.54, 1.807) is 52.5 Å². The number of carbonyl (C=O) groups is 2. The molecule has 61 heavy (non-hydrogen) atoms. The predicted octanol–water partition coefficient (Wildman–Crippen LogP) is 5.78. The maximum absolute atomic E-state index is 13.9. The van der Waals surface area contributed by atoms with Gasteiger partial charge >= 0.3 is 11.4 Å². The van der Waals surface area contributed by atoms with Crippen LogP contribution in [0.2, 0.25) is 0 Å². The van der Waals surface area contributed by atoms with E-state index in [1.165, 1.54) is 32.5 Å². The molecule has 8 aromatic rings. The smallest absolute Gasteiger partial charge is 0.328 e. The highest BCUT2D eigenvalue weighted by molar-refractivity contribution is 6.13. The number of aryl methyl sites for hydroxylation is 4. The molecular formula is C46H45N9O6. The summed E-state index contributed by atoms with van der Waals surface area (Å²) in [4.78, 5) is 63.7. The summed E-state index contributed by atoms with van der Waals surface area (Å²) in [5, 5.41) is 5.76. The van der Waals surface area contributed by atoms with Gasteiger partial charge in [0.15, 0.2) is 11.5 Å². The molecule has 310 valence electrons. The van der Waals surface area contributed by atoms with Crippen molar-refractivity contribution < 1.29 is 19.1 Å². The van der Waals surface area contributed by atoms with Crippen molar-refractivity contribution in [3.63, 3.8) is 0 Å². The van der Waals surface area contributed by atoms with Crippen molar-refractivity contribution in [3.05, 3.63) is 152 Å². The molecule has 0 saturated heterocycles. The number of rotatable bonds is 13. The molecule has 3 heterocycles. The van der Waals surface area contributed by atoms with E-state index in [2.05, 4.69) is 49.8 Å². The van der Waals surface area contributed by atoms with Crippen molar-refractivity contribution in [2.75, 3.05) is 31.4 Å². The first-order valence-electron chi connectivity index (χ1n) is 19.6. The molecular weight excluding hydrogens is 775 g/mol. The summed E-state index contributed by atoms with van der Waals surface area (Å²) in [6, 6.07) is 30.1. The van der Waals surface area contributed by atoms with Crippen molar-refractivity contribution in [1.29, 1.82) is 0 Å². The Morgan fingerprint density at radius 1 is 0.623 bits per heavy atom. The first kappa shape index (κ1) is 40.3. The minimum Gasteiger partial charge on any atom is -0.493 e. The average Bonchev–Trinajstić information content (AvgIpc) is 3.62. The van der Waals surface area contributed by atoms with E-state index in [0.717, 1.165) is 38.8 Å². The largest absolute Gasteiger partial charge is 0.493 e. The van der Waals surface area contributed by atoms with Crippen LogP contribution in [0.1, 0.15) is 37.5 Å². The molecule has 2 amide bonds. The van der Waals surface area contributed by atoms with Crippen LogP contribution >= 0.6 is 0 Å². The normalized spacial score (nSPS) is 11.5. The Labute approximate surface area is 350 Å². The standard InChI is InChI=1S/C46H45N9O6/c1-51-37-17-13-29(21-39(37)53(3)45(51)58)26-55(27-30-14-18-38-40(22-30)54(4)46(59)52(38)2)20-19-28-11-15-31(16-12-28)48-43(56)32-23-41(60-5)42(61-6)24-35(32)50-44(57)36-25-47-33-9-7-8-10-34(33)49-36/h7-18,21-25H,19-20,26-27H2,1-6H3,(H,48,56)(H,50,57). The number of nitrogens with zero attached hydrogens (tertiary/aromatic N) is 7. The summed E-state index contributed by atoms with van der Waals surface area (Å²) in [5.74, 6) is -0.373. The molecule has 0 bridgehead atoms. The summed E-state index contributed by atoms with van der Waals surface area (Å²) in [6.07, 6.45) is 2.09. The molecule has 0 fully saturated rings. The number of aromatic nitrogens is 6. The minimum atomic E-state index is -0.546. The number of hydrogen-bond donors (Lipinski definition) is 2. The van der Waals surface area contributed by atoms with E-state index in [-0.39, 0.29) is 28.3 Å². The van der Waals surface area contributed by atoms with Crippen molar-refractivity contribution in [2.24, 2.45) is 28.2 Å². The SMILES string of the molecule is COc1cc(NC(=O)c2cnc3ccccc3n2)c(C(=O)Nc2ccc(CCN(Cc3ccc4c(c3)n(C)c(=O)n4C)Cc3ccc4c(c3)n(C)c(=O)n4C)cc2)cc1OC. The van der Waals surface area contributed by atoms with Crippen LogP contribution in [-0.4, -0.2) is 65.7 Å². The molecule has 0 aliphatic heterocycles. The maximum Gasteiger partial charge on any atom is 0.328 e. The van der Waals surface area contributed by atoms with Crippen LogP contribution in [0, 0.1) is 0 Å². The molecule has 0 atom stereocenters. The second-order valence-electron chi connectivity index (χ2n) is 15.0. The Morgan fingerprint density at radius 2 is 1.16 bits per heavy atom. The average molecular weight is 820 g/mol. The lowest BCUT2D eigenvalue weighted by Gasteiger charge is -2.23. The van der Waals surface area contributed by atoms with Gasteiger partial charge in [0, 0.05) is 59.6 Å². The minimum absolute atomic E-state index is 0.0753. The molecule has 15 nitrogen and oxygen atoms in total. The van der Waals surface area contributed by atoms with Gasteiger partial charge in [0.1, 0.15) is 5.69 Å². The second-order valence-corrected chi connectivity index (χ2v) is 15.0. The number of methoxy groups -OCH3 is 2. The van der Waals surface area contributed by atoms with Gasteiger partial charge in [-0.05, 0) is 77.7 Å². The van der Waals surface area contributed by atoms with Crippen LogP contribution < -0.4 is 31.5 Å². The lowest BCUT2D eigenvalue weighted by molar-refractivity contribution is 0.102. The molecule has 0 spiro atoms. The highest BCUT2D eigenvalue weighted by atomic mass is 16.5. The summed E-state index contributed by atoms with van der Waals surface area (Å²) in [7, 11) is 10.1. The Balaban J connectivity index is 1.00. The molecule has 15 heteroatoms. The number of carbonyl (C=O) groups excluding carboxylic acids is 2. The highest BCUT2D eigenvalue weighted by Crippen LogP contribution is 2.34. The third-order valence-electron chi connectivity index (χ3n) is 11.1. The van der Waals surface area contributed by atoms with Gasteiger partial charge in [0.25, 0.3) is 11.8 Å². The molecule has 0 aliphatic carbocycles. The van der Waals surface area contributed by atoms with E-state index >= 15 is 0 Å². The van der Waals surface area contributed by atoms with E-state index in [1.807, 2.05) is 54.6 Å². The van der Waals surface area contributed by atoms with Gasteiger partial charge < -0.3 is 20.1 Å². The van der Waals surface area contributed by atoms with Gasteiger partial charge in [0.05, 0.1) is 64.8 Å². The summed E-state index contributed by atoms with van der Waals surface area (Å²) < 4.78 is 17.6. The van der Waals surface area contributed by atoms with Crippen LogP contribution in [0.3, 0.4) is 0 Å². The number of benzene rings is 5. The Kier molecular flexibility index (Phi) is 11.0. The number of imidazole rings is 2. The molecule has 0 radical (unpaired) electrons. The number of hydrogen-bond acceptors (Lipinski definition) is 9. The van der Waals surface area contributed by atoms with Gasteiger partial charge in [-0.3, -0.25) is 37.7 Å². The number of fused-ring (bicyclic) bond motifs is 3. The topological polar surface area (TPSA) is 160 Å². The molecule has 0 aliphatic rings. The van der Waals surface area contributed by atoms with Gasteiger partial charge in [0.2, 0.25) is 0 Å². The van der Waals surface area contributed by atoms with Crippen LogP contribution in [0.15, 0.2) is 113 Å². The molecule has 0 unspecified atom stereocenters. The summed E-state index contributed by atoms with van der Waals surface area (Å²) in [5.41, 5.74) is 8.72. The first-order chi connectivity index (χ1) is 29.4. The fourth-order valence-electron chi connectivity index (χ4n) is 7.70. The van der Waals surface area contributed by atoms with Gasteiger partial charge in [-0.25, -0.2) is 14.6 Å². The van der Waals surface area contributed by atoms with E-state index < -0.39 is 11.8 Å². The van der Waals surface area contributed by atoms with Crippen LogP contribution in [0.5, 0.6) is 11.5 Å². The number of nitrogens with one attached hydrogen (secondary N) is 2. The first-order valence-corrected chi connectivity index (χ1v) is 19.6. The van der Waals surface area contributed by atoms with E-state index in [4.69, 9.17) is 9.47 Å². The van der Waals surface area contributed by atoms with Crippen molar-refractivity contribution >= 4 is 56.3 Å². The molecule has 5 aromatic carbocycles. The van der Waals surface area contributed by atoms with Gasteiger partial charge in [-0.2, -0.15) is 0 Å². The zero-order chi connectivity index (χ0) is 42.9. The molecule has 3 aromatic heterocycles. The molecule has 8 rings (SSSR count). The fraction of sp³-hybridized carbons (Fsp3) is 0.217. The van der Waals surface area contributed by atoms with Gasteiger partial charge in [-0.1, -0.05) is 36.4 Å². The monoisotopic (exact) mass is 819 g/mol. The van der Waals surface area contributed by atoms with Crippen molar-refractivity contribution in [1.82, 2.24) is 33.1 Å². The van der Waals surface area contributed by atoms with Crippen molar-refractivity contribution in [3.8, 4) is 11.5 Å². The zero-order valence-electron chi connectivity index (χ0n) is 34.7. The fourth-order valence-corrected chi connectivity index (χ4v) is 7.70. The number of ether oxygens (including phenoxy) is 2. The van der Waals surface area contributed by atoms with Gasteiger partial charge in [-0.15, -0.1) is 0 Å². The second kappa shape index (κ2) is 16.6. The van der Waals surface area contributed by atoms with Crippen LogP contribution in [-0.2, 0) is 47.7 Å². The predicted molar refractivity (Wildman–Crippen MR) is 236 cm³/mol. The number of amides is 2. The Bertz CT molecular complexity index is 3000. The summed E-state index contributed by atoms with van der Waals surface area (Å²) >= 11 is 0. The quantitative estimate of drug-likeness (QED) is 0.147. The Hall–Kier alpha value is -7.52. The van der Waals surface area contributed by atoms with E-state index in [0.29, 0.717) is 54.3 Å². The lowest BCUT2D eigenvalue weighted by atomic mass is 10.1. The maximum atomic E-state index is 13.9. The number of anilines is 2. The third kappa shape index (κ3) is 7.98. The van der Waals surface area contributed by atoms with E-state index in [9.17, 15) is 19.2 Å². The Morgan fingerprint density at radius 3 is 1.75 bits per heavy atom.